The first-order valence-corrected chi connectivity index (χ1v) is 11.8. The number of rotatable bonds is 8. The van der Waals surface area contributed by atoms with Gasteiger partial charge in [0.2, 0.25) is 5.91 Å². The summed E-state index contributed by atoms with van der Waals surface area (Å²) < 4.78 is 0. The Hall–Kier alpha value is -2.13. The Morgan fingerprint density at radius 2 is 1.52 bits per heavy atom. The highest BCUT2D eigenvalue weighted by Gasteiger charge is 2.20. The van der Waals surface area contributed by atoms with Gasteiger partial charge in [0, 0.05) is 46.2 Å². The van der Waals surface area contributed by atoms with Gasteiger partial charge in [-0.25, -0.2) is 0 Å². The van der Waals surface area contributed by atoms with Gasteiger partial charge in [-0.3, -0.25) is 14.7 Å². The molecule has 0 bridgehead atoms. The number of hydrogen-bond donors (Lipinski definition) is 2. The fourth-order valence-corrected chi connectivity index (χ4v) is 4.48. The van der Waals surface area contributed by atoms with Crippen LogP contribution < -0.4 is 10.6 Å². The Morgan fingerprint density at radius 1 is 0.848 bits per heavy atom. The van der Waals surface area contributed by atoms with Gasteiger partial charge < -0.3 is 15.5 Å². The summed E-state index contributed by atoms with van der Waals surface area (Å²) in [6.07, 6.45) is 4.32. The van der Waals surface area contributed by atoms with Gasteiger partial charge in [-0.2, -0.15) is 0 Å². The molecule has 178 valence electrons. The SMILES string of the molecule is CN=C(NCc1ccc(CN2CCCC2)cc1)NCc1cccc(CN2CCCC2=O)c1.I. The first-order valence-electron chi connectivity index (χ1n) is 11.8. The van der Waals surface area contributed by atoms with Crippen LogP contribution in [0.5, 0.6) is 0 Å². The zero-order valence-electron chi connectivity index (χ0n) is 19.6. The Kier molecular flexibility index (Phi) is 9.99. The van der Waals surface area contributed by atoms with Gasteiger partial charge in [0.25, 0.3) is 0 Å². The largest absolute Gasteiger partial charge is 0.352 e. The minimum absolute atomic E-state index is 0. The molecule has 6 nitrogen and oxygen atoms in total. The van der Waals surface area contributed by atoms with Gasteiger partial charge in [-0.05, 0) is 54.6 Å². The average molecular weight is 562 g/mol. The number of carbonyl (C=O) groups excluding carboxylic acids is 1. The predicted octanol–water partition coefficient (Wildman–Crippen LogP) is 3.89. The van der Waals surface area contributed by atoms with Crippen molar-refractivity contribution in [2.24, 2.45) is 4.99 Å². The molecule has 33 heavy (non-hydrogen) atoms. The lowest BCUT2D eigenvalue weighted by Gasteiger charge is -2.17. The second-order valence-electron chi connectivity index (χ2n) is 8.82. The lowest BCUT2D eigenvalue weighted by atomic mass is 10.1. The van der Waals surface area contributed by atoms with Gasteiger partial charge in [0.15, 0.2) is 5.96 Å². The molecule has 0 spiro atoms. The number of guanidine groups is 1. The predicted molar refractivity (Wildman–Crippen MR) is 144 cm³/mol. The molecular formula is C26H36IN5O. The third kappa shape index (κ3) is 7.71. The van der Waals surface area contributed by atoms with E-state index in [0.29, 0.717) is 19.5 Å². The zero-order chi connectivity index (χ0) is 22.2. The van der Waals surface area contributed by atoms with E-state index in [-0.39, 0.29) is 29.9 Å². The Labute approximate surface area is 214 Å². The molecule has 2 aliphatic rings. The van der Waals surface area contributed by atoms with Crippen LogP contribution in [0.1, 0.15) is 47.9 Å². The Bertz CT molecular complexity index is 925. The van der Waals surface area contributed by atoms with E-state index in [0.717, 1.165) is 32.0 Å². The number of nitrogens with zero attached hydrogens (tertiary/aromatic N) is 3. The molecule has 0 saturated carbocycles. The summed E-state index contributed by atoms with van der Waals surface area (Å²) in [6, 6.07) is 17.3. The molecule has 0 radical (unpaired) electrons. The van der Waals surface area contributed by atoms with Crippen LogP contribution in [0.25, 0.3) is 0 Å². The molecule has 2 aromatic carbocycles. The van der Waals surface area contributed by atoms with Crippen molar-refractivity contribution in [2.45, 2.75) is 51.9 Å². The fraction of sp³-hybridized carbons (Fsp3) is 0.462. The molecule has 2 N–H and O–H groups in total. The first-order chi connectivity index (χ1) is 15.7. The smallest absolute Gasteiger partial charge is 0.222 e. The van der Waals surface area contributed by atoms with E-state index in [4.69, 9.17) is 0 Å². The summed E-state index contributed by atoms with van der Waals surface area (Å²) in [6.45, 7) is 6.51. The fourth-order valence-electron chi connectivity index (χ4n) is 4.48. The van der Waals surface area contributed by atoms with Gasteiger partial charge in [-0.1, -0.05) is 48.5 Å². The van der Waals surface area contributed by atoms with Crippen molar-refractivity contribution < 1.29 is 4.79 Å². The lowest BCUT2D eigenvalue weighted by Crippen LogP contribution is -2.36. The molecule has 0 aromatic heterocycles. The maximum Gasteiger partial charge on any atom is 0.222 e. The lowest BCUT2D eigenvalue weighted by molar-refractivity contribution is -0.128. The first kappa shape index (κ1) is 25.5. The van der Waals surface area contributed by atoms with E-state index in [2.05, 4.69) is 69.1 Å². The number of amides is 1. The van der Waals surface area contributed by atoms with Crippen LogP contribution in [0.2, 0.25) is 0 Å². The topological polar surface area (TPSA) is 60.0 Å². The van der Waals surface area contributed by atoms with Crippen LogP contribution >= 0.6 is 24.0 Å². The number of likely N-dealkylation sites (tertiary alicyclic amines) is 2. The van der Waals surface area contributed by atoms with E-state index in [1.165, 1.54) is 48.2 Å². The number of halogens is 1. The maximum atomic E-state index is 11.9. The average Bonchev–Trinajstić information content (AvgIpc) is 3.47. The number of benzene rings is 2. The van der Waals surface area contributed by atoms with Gasteiger partial charge in [0.05, 0.1) is 0 Å². The second-order valence-corrected chi connectivity index (χ2v) is 8.82. The third-order valence-electron chi connectivity index (χ3n) is 6.31. The standard InChI is InChI=1S/C26H35N5O.HI/c1-27-26(28-17-21-9-11-22(12-10-21)19-30-13-2-3-14-30)29-18-23-6-4-7-24(16-23)20-31-15-5-8-25(31)32;/h4,6-7,9-12,16H,2-3,5,8,13-15,17-20H2,1H3,(H2,27,28,29);1H. The van der Waals surface area contributed by atoms with Crippen molar-refractivity contribution in [1.29, 1.82) is 0 Å². The quantitative estimate of drug-likeness (QED) is 0.292. The van der Waals surface area contributed by atoms with E-state index in [9.17, 15) is 4.79 Å². The molecule has 0 atom stereocenters. The summed E-state index contributed by atoms with van der Waals surface area (Å²) in [7, 11) is 1.80. The molecule has 7 heteroatoms. The molecule has 0 aliphatic carbocycles. The van der Waals surface area contributed by atoms with Gasteiger partial charge in [-0.15, -0.1) is 24.0 Å². The van der Waals surface area contributed by atoms with Gasteiger partial charge >= 0.3 is 0 Å². The minimum atomic E-state index is 0. The van der Waals surface area contributed by atoms with Gasteiger partial charge in [0.1, 0.15) is 0 Å². The Morgan fingerprint density at radius 3 is 2.18 bits per heavy atom. The number of carbonyl (C=O) groups is 1. The highest BCUT2D eigenvalue weighted by Crippen LogP contribution is 2.15. The van der Waals surface area contributed by atoms with Crippen LogP contribution in [0.3, 0.4) is 0 Å². The molecule has 2 heterocycles. The van der Waals surface area contributed by atoms with Crippen LogP contribution in [-0.2, 0) is 31.0 Å². The summed E-state index contributed by atoms with van der Waals surface area (Å²) >= 11 is 0. The number of nitrogens with one attached hydrogen (secondary N) is 2. The summed E-state index contributed by atoms with van der Waals surface area (Å²) in [5, 5.41) is 6.80. The van der Waals surface area contributed by atoms with Crippen molar-refractivity contribution in [1.82, 2.24) is 20.4 Å². The Balaban J connectivity index is 0.00000306. The number of hydrogen-bond acceptors (Lipinski definition) is 3. The van der Waals surface area contributed by atoms with E-state index >= 15 is 0 Å². The van der Waals surface area contributed by atoms with Crippen molar-refractivity contribution in [3.63, 3.8) is 0 Å². The van der Waals surface area contributed by atoms with Crippen LogP contribution in [-0.4, -0.2) is 48.3 Å². The summed E-state index contributed by atoms with van der Waals surface area (Å²) in [5.41, 5.74) is 4.99. The monoisotopic (exact) mass is 561 g/mol. The maximum absolute atomic E-state index is 11.9. The molecule has 1 amide bonds. The highest BCUT2D eigenvalue weighted by molar-refractivity contribution is 14.0. The van der Waals surface area contributed by atoms with Crippen molar-refractivity contribution in [2.75, 3.05) is 26.7 Å². The molecule has 2 saturated heterocycles. The summed E-state index contributed by atoms with van der Waals surface area (Å²) in [5.74, 6) is 1.05. The van der Waals surface area contributed by atoms with Crippen molar-refractivity contribution in [3.05, 3.63) is 70.8 Å². The molecule has 2 aromatic rings. The van der Waals surface area contributed by atoms with E-state index < -0.39 is 0 Å². The molecular weight excluding hydrogens is 525 g/mol. The second kappa shape index (κ2) is 12.9. The normalized spacial score (nSPS) is 16.7. The molecule has 0 unspecified atom stereocenters. The zero-order valence-corrected chi connectivity index (χ0v) is 21.9. The van der Waals surface area contributed by atoms with E-state index in [1.807, 2.05) is 4.90 Å². The molecule has 2 aliphatic heterocycles. The van der Waals surface area contributed by atoms with Crippen molar-refractivity contribution >= 4 is 35.8 Å². The van der Waals surface area contributed by atoms with Crippen molar-refractivity contribution in [3.8, 4) is 0 Å². The summed E-state index contributed by atoms with van der Waals surface area (Å²) in [4.78, 5) is 20.7. The van der Waals surface area contributed by atoms with Crippen LogP contribution in [0.4, 0.5) is 0 Å². The third-order valence-corrected chi connectivity index (χ3v) is 6.31. The highest BCUT2D eigenvalue weighted by atomic mass is 127. The van der Waals surface area contributed by atoms with E-state index in [1.54, 1.807) is 7.05 Å². The molecule has 2 fully saturated rings. The van der Waals surface area contributed by atoms with Crippen LogP contribution in [0, 0.1) is 0 Å². The van der Waals surface area contributed by atoms with Crippen LogP contribution in [0.15, 0.2) is 53.5 Å². The number of aliphatic imine (C=N–C) groups is 1. The minimum Gasteiger partial charge on any atom is -0.352 e. The molecule has 4 rings (SSSR count).